The predicted molar refractivity (Wildman–Crippen MR) is 34.2 cm³/mol. The van der Waals surface area contributed by atoms with Gasteiger partial charge in [0.25, 0.3) is 0 Å². The van der Waals surface area contributed by atoms with Crippen LogP contribution in [0.1, 0.15) is 12.8 Å². The van der Waals surface area contributed by atoms with E-state index in [0.29, 0.717) is 6.42 Å². The molecule has 0 saturated heterocycles. The molecule has 4 heteroatoms. The minimum Gasteiger partial charge on any atom is -0.469 e. The molecule has 0 spiro atoms. The monoisotopic (exact) mass is 164 g/mol. The average molecular weight is 164 g/mol. The van der Waals surface area contributed by atoms with Gasteiger partial charge in [-0.15, -0.1) is 0 Å². The lowest BCUT2D eigenvalue weighted by Crippen LogP contribution is -2.05. The molecular formula is C7H10F2O2. The first kappa shape index (κ1) is 8.43. The fraction of sp³-hybridized carbons (Fsp3) is 0.857. The van der Waals surface area contributed by atoms with E-state index in [4.69, 9.17) is 0 Å². The van der Waals surface area contributed by atoms with Gasteiger partial charge in [0.2, 0.25) is 6.43 Å². The van der Waals surface area contributed by atoms with E-state index in [1.54, 1.807) is 0 Å². The van der Waals surface area contributed by atoms with E-state index in [2.05, 4.69) is 4.74 Å². The number of rotatable bonds is 3. The van der Waals surface area contributed by atoms with Crippen LogP contribution in [0.25, 0.3) is 0 Å². The van der Waals surface area contributed by atoms with Gasteiger partial charge < -0.3 is 4.74 Å². The number of methoxy groups -OCH3 is 1. The molecule has 0 aliphatic heterocycles. The lowest BCUT2D eigenvalue weighted by atomic mass is 10.2. The highest BCUT2D eigenvalue weighted by Crippen LogP contribution is 2.43. The molecule has 0 bridgehead atoms. The van der Waals surface area contributed by atoms with Crippen LogP contribution in [-0.2, 0) is 9.53 Å². The number of esters is 1. The summed E-state index contributed by atoms with van der Waals surface area (Å²) in [5.41, 5.74) is 0. The number of carbonyl (C=O) groups is 1. The van der Waals surface area contributed by atoms with Crippen molar-refractivity contribution < 1.29 is 18.3 Å². The van der Waals surface area contributed by atoms with Gasteiger partial charge in [-0.1, -0.05) is 0 Å². The molecule has 0 heterocycles. The van der Waals surface area contributed by atoms with Crippen LogP contribution in [0.15, 0.2) is 0 Å². The standard InChI is InChI=1S/C7H10F2O2/c1-11-7(10)5-2-4(5)3-6(8)9/h4-6H,2-3H2,1H3/t4-,5-/m1/s1. The Kier molecular flexibility index (Phi) is 2.42. The topological polar surface area (TPSA) is 26.3 Å². The van der Waals surface area contributed by atoms with E-state index in [-0.39, 0.29) is 24.2 Å². The van der Waals surface area contributed by atoms with Crippen LogP contribution in [0.2, 0.25) is 0 Å². The highest BCUT2D eigenvalue weighted by Gasteiger charge is 2.44. The quantitative estimate of drug-likeness (QED) is 0.590. The van der Waals surface area contributed by atoms with Crippen molar-refractivity contribution in [3.05, 3.63) is 0 Å². The van der Waals surface area contributed by atoms with Crippen LogP contribution < -0.4 is 0 Å². The van der Waals surface area contributed by atoms with Crippen LogP contribution in [0.4, 0.5) is 8.78 Å². The fourth-order valence-corrected chi connectivity index (χ4v) is 1.18. The molecule has 2 atom stereocenters. The molecule has 1 aliphatic carbocycles. The van der Waals surface area contributed by atoms with E-state index >= 15 is 0 Å². The Labute approximate surface area is 63.5 Å². The van der Waals surface area contributed by atoms with Gasteiger partial charge in [0.1, 0.15) is 0 Å². The third kappa shape index (κ3) is 2.13. The Hall–Kier alpha value is -0.670. The molecular weight excluding hydrogens is 154 g/mol. The maximum absolute atomic E-state index is 11.7. The Morgan fingerprint density at radius 3 is 2.82 bits per heavy atom. The first-order valence-corrected chi connectivity index (χ1v) is 3.51. The van der Waals surface area contributed by atoms with Crippen LogP contribution >= 0.6 is 0 Å². The van der Waals surface area contributed by atoms with Gasteiger partial charge >= 0.3 is 5.97 Å². The molecule has 0 aromatic heterocycles. The van der Waals surface area contributed by atoms with Gasteiger partial charge in [0.15, 0.2) is 0 Å². The summed E-state index contributed by atoms with van der Waals surface area (Å²) in [4.78, 5) is 10.7. The van der Waals surface area contributed by atoms with Crippen molar-refractivity contribution in [3.63, 3.8) is 0 Å². The van der Waals surface area contributed by atoms with E-state index in [0.717, 1.165) is 0 Å². The summed E-state index contributed by atoms with van der Waals surface area (Å²) in [5.74, 6) is -0.743. The highest BCUT2D eigenvalue weighted by atomic mass is 19.3. The van der Waals surface area contributed by atoms with Gasteiger partial charge in [-0.25, -0.2) is 8.78 Å². The van der Waals surface area contributed by atoms with Crippen LogP contribution in [0.5, 0.6) is 0 Å². The van der Waals surface area contributed by atoms with Crippen molar-refractivity contribution in [1.82, 2.24) is 0 Å². The molecule has 2 nitrogen and oxygen atoms in total. The van der Waals surface area contributed by atoms with E-state index < -0.39 is 6.43 Å². The van der Waals surface area contributed by atoms with E-state index in [1.807, 2.05) is 0 Å². The minimum atomic E-state index is -2.30. The van der Waals surface area contributed by atoms with E-state index in [1.165, 1.54) is 7.11 Å². The van der Waals surface area contributed by atoms with Gasteiger partial charge in [-0.3, -0.25) is 4.79 Å². The van der Waals surface area contributed by atoms with Crippen molar-refractivity contribution in [2.75, 3.05) is 7.11 Å². The van der Waals surface area contributed by atoms with Crippen molar-refractivity contribution in [1.29, 1.82) is 0 Å². The first-order chi connectivity index (χ1) is 5.15. The summed E-state index contributed by atoms with van der Waals surface area (Å²) in [6.45, 7) is 0. The molecule has 11 heavy (non-hydrogen) atoms. The summed E-state index contributed by atoms with van der Waals surface area (Å²) < 4.78 is 27.8. The number of hydrogen-bond donors (Lipinski definition) is 0. The Bertz CT molecular complexity index is 159. The van der Waals surface area contributed by atoms with Crippen molar-refractivity contribution in [3.8, 4) is 0 Å². The zero-order valence-corrected chi connectivity index (χ0v) is 6.22. The van der Waals surface area contributed by atoms with Crippen molar-refractivity contribution in [2.45, 2.75) is 19.3 Å². The second kappa shape index (κ2) is 3.15. The molecule has 0 unspecified atom stereocenters. The first-order valence-electron chi connectivity index (χ1n) is 3.51. The molecule has 1 saturated carbocycles. The van der Waals surface area contributed by atoms with Gasteiger partial charge in [-0.05, 0) is 12.3 Å². The Balaban J connectivity index is 2.21. The summed E-state index contributed by atoms with van der Waals surface area (Å²) in [7, 11) is 1.28. The number of hydrogen-bond acceptors (Lipinski definition) is 2. The Morgan fingerprint density at radius 1 is 1.73 bits per heavy atom. The van der Waals surface area contributed by atoms with Crippen LogP contribution in [0, 0.1) is 11.8 Å². The summed E-state index contributed by atoms with van der Waals surface area (Å²) in [6, 6.07) is 0. The second-order valence-corrected chi connectivity index (χ2v) is 2.75. The van der Waals surface area contributed by atoms with Gasteiger partial charge in [0, 0.05) is 6.42 Å². The number of halogens is 2. The molecule has 0 amide bonds. The highest BCUT2D eigenvalue weighted by molar-refractivity contribution is 5.75. The third-order valence-corrected chi connectivity index (χ3v) is 1.91. The summed E-state index contributed by atoms with van der Waals surface area (Å²) in [5, 5.41) is 0. The Morgan fingerprint density at radius 2 is 2.36 bits per heavy atom. The smallest absolute Gasteiger partial charge is 0.308 e. The number of carbonyl (C=O) groups excluding carboxylic acids is 1. The molecule has 0 aromatic rings. The molecule has 0 aromatic carbocycles. The minimum absolute atomic E-state index is 0.137. The number of ether oxygens (including phenoxy) is 1. The zero-order chi connectivity index (χ0) is 8.43. The van der Waals surface area contributed by atoms with Crippen molar-refractivity contribution in [2.24, 2.45) is 11.8 Å². The SMILES string of the molecule is COC(=O)[C@@H]1C[C@@H]1CC(F)F. The molecule has 0 N–H and O–H groups in total. The molecule has 0 radical (unpaired) electrons. The average Bonchev–Trinajstić information content (AvgIpc) is 2.65. The maximum atomic E-state index is 11.7. The predicted octanol–water partition coefficient (Wildman–Crippen LogP) is 1.45. The summed E-state index contributed by atoms with van der Waals surface area (Å²) >= 11 is 0. The van der Waals surface area contributed by atoms with Crippen molar-refractivity contribution >= 4 is 5.97 Å². The lowest BCUT2D eigenvalue weighted by Gasteiger charge is -1.97. The number of alkyl halides is 2. The molecule has 1 rings (SSSR count). The summed E-state index contributed by atoms with van der Waals surface area (Å²) in [6.07, 6.45) is -1.90. The largest absolute Gasteiger partial charge is 0.469 e. The third-order valence-electron chi connectivity index (χ3n) is 1.91. The van der Waals surface area contributed by atoms with Gasteiger partial charge in [-0.2, -0.15) is 0 Å². The van der Waals surface area contributed by atoms with Crippen LogP contribution in [-0.4, -0.2) is 19.5 Å². The maximum Gasteiger partial charge on any atom is 0.308 e. The molecule has 1 fully saturated rings. The van der Waals surface area contributed by atoms with E-state index in [9.17, 15) is 13.6 Å². The molecule has 64 valence electrons. The lowest BCUT2D eigenvalue weighted by molar-refractivity contribution is -0.142. The second-order valence-electron chi connectivity index (χ2n) is 2.75. The van der Waals surface area contributed by atoms with Gasteiger partial charge in [0.05, 0.1) is 13.0 Å². The normalized spacial score (nSPS) is 28.7. The molecule has 1 aliphatic rings. The van der Waals surface area contributed by atoms with Crippen LogP contribution in [0.3, 0.4) is 0 Å². The zero-order valence-electron chi connectivity index (χ0n) is 6.22. The fourth-order valence-electron chi connectivity index (χ4n) is 1.18.